The van der Waals surface area contributed by atoms with E-state index < -0.39 is 9.39 Å². The molecule has 0 radical (unpaired) electrons. The molecule has 0 aliphatic carbocycles. The molecule has 0 aliphatic heterocycles. The lowest BCUT2D eigenvalue weighted by atomic mass is 10.0. The zero-order chi connectivity index (χ0) is 26.2. The maximum Gasteiger partial charge on any atom is 0.124 e. The third kappa shape index (κ3) is 5.32. The highest BCUT2D eigenvalue weighted by molar-refractivity contribution is 8.25. The third-order valence-electron chi connectivity index (χ3n) is 6.01. The van der Waals surface area contributed by atoms with E-state index in [1.807, 2.05) is 49.7 Å². The van der Waals surface area contributed by atoms with Gasteiger partial charge in [-0.3, -0.25) is 19.9 Å². The van der Waals surface area contributed by atoms with Gasteiger partial charge in [0.25, 0.3) is 0 Å². The summed E-state index contributed by atoms with van der Waals surface area (Å²) in [6, 6.07) is 8.84. The van der Waals surface area contributed by atoms with Crippen molar-refractivity contribution in [2.24, 2.45) is 0 Å². The van der Waals surface area contributed by atoms with Gasteiger partial charge in [-0.05, 0) is 60.7 Å². The molecule has 0 aliphatic rings. The van der Waals surface area contributed by atoms with Crippen LogP contribution in [-0.4, -0.2) is 48.4 Å². The van der Waals surface area contributed by atoms with E-state index in [2.05, 4.69) is 53.4 Å². The first-order valence-electron chi connectivity index (χ1n) is 11.6. The minimum absolute atomic E-state index is 0.319. The van der Waals surface area contributed by atoms with E-state index in [1.165, 1.54) is 12.1 Å². The highest BCUT2D eigenvalue weighted by atomic mass is 32.2. The van der Waals surface area contributed by atoms with Crippen molar-refractivity contribution in [1.29, 1.82) is 0 Å². The predicted molar refractivity (Wildman–Crippen MR) is 155 cm³/mol. The second-order valence-electron chi connectivity index (χ2n) is 9.22. The van der Waals surface area contributed by atoms with Gasteiger partial charge in [-0.2, -0.15) is 19.6 Å². The maximum absolute atomic E-state index is 14.6. The minimum Gasteiger partial charge on any atom is -0.353 e. The van der Waals surface area contributed by atoms with Crippen LogP contribution in [0.15, 0.2) is 55.0 Å². The molecule has 9 heteroatoms. The first-order chi connectivity index (χ1) is 17.7. The fourth-order valence-electron chi connectivity index (χ4n) is 4.07. The summed E-state index contributed by atoms with van der Waals surface area (Å²) in [4.78, 5) is 8.00. The molecule has 4 heterocycles. The number of allylic oxidation sites excluding steroid dienone is 2. The van der Waals surface area contributed by atoms with Crippen LogP contribution in [0.2, 0.25) is 0 Å². The van der Waals surface area contributed by atoms with Crippen molar-refractivity contribution in [3.8, 4) is 22.6 Å². The molecule has 188 valence electrons. The number of pyridine rings is 1. The van der Waals surface area contributed by atoms with Crippen molar-refractivity contribution in [3.63, 3.8) is 0 Å². The van der Waals surface area contributed by atoms with Gasteiger partial charge in [0.15, 0.2) is 0 Å². The zero-order valence-corrected chi connectivity index (χ0v) is 21.5. The van der Waals surface area contributed by atoms with Crippen LogP contribution >= 0.6 is 9.39 Å². The number of benzene rings is 1. The molecule has 0 saturated carbocycles. The number of hydrogen-bond donors (Lipinski definition) is 4. The third-order valence-corrected chi connectivity index (χ3v) is 6.85. The van der Waals surface area contributed by atoms with Crippen LogP contribution in [0.1, 0.15) is 18.1 Å². The van der Waals surface area contributed by atoms with Gasteiger partial charge in [0, 0.05) is 46.2 Å². The molecule has 7 nitrogen and oxygen atoms in total. The molecule has 5 rings (SSSR count). The number of nitrogens with one attached hydrogen (secondary N) is 4. The Morgan fingerprint density at radius 1 is 1.19 bits per heavy atom. The van der Waals surface area contributed by atoms with Crippen LogP contribution in [0.3, 0.4) is 0 Å². The number of halogens is 1. The van der Waals surface area contributed by atoms with Crippen molar-refractivity contribution in [3.05, 3.63) is 82.5 Å². The normalized spacial score (nSPS) is 13.1. The molecule has 0 fully saturated rings. The highest BCUT2D eigenvalue weighted by Crippen LogP contribution is 2.30. The molecule has 37 heavy (non-hydrogen) atoms. The van der Waals surface area contributed by atoms with Crippen LogP contribution in [0.4, 0.5) is 4.39 Å². The van der Waals surface area contributed by atoms with Gasteiger partial charge in [-0.15, -0.1) is 0 Å². The summed E-state index contributed by atoms with van der Waals surface area (Å²) < 4.78 is 17.8. The molecule has 1 aromatic carbocycles. The molecule has 0 atom stereocenters. The Morgan fingerprint density at radius 2 is 2.03 bits per heavy atom. The van der Waals surface area contributed by atoms with Crippen molar-refractivity contribution in [2.75, 3.05) is 6.26 Å². The van der Waals surface area contributed by atoms with E-state index in [-0.39, 0.29) is 5.82 Å². The molecule has 4 N–H and O–H groups in total. The molecule has 4 aromatic heterocycles. The summed E-state index contributed by atoms with van der Waals surface area (Å²) in [6.45, 7) is 6.73. The van der Waals surface area contributed by atoms with Crippen LogP contribution in [0, 0.1) is 5.82 Å². The molecule has 0 amide bonds. The Labute approximate surface area is 214 Å². The Balaban J connectivity index is 1.52. The molecule has 0 bridgehead atoms. The largest absolute Gasteiger partial charge is 0.353 e. The fourth-order valence-corrected chi connectivity index (χ4v) is 4.58. The molecule has 0 spiro atoms. The van der Waals surface area contributed by atoms with Gasteiger partial charge in [-0.25, -0.2) is 4.39 Å². The van der Waals surface area contributed by atoms with Gasteiger partial charge >= 0.3 is 0 Å². The van der Waals surface area contributed by atoms with Crippen LogP contribution in [0.5, 0.6) is 0 Å². The number of aromatic amines is 3. The standard InChI is InChI=1S/C28H28FN7S/c1-17(21-15-31-32-16-21)6-7-24-18(2)27(36-35-24)26-13-23-25(34-26)8-9-30-28(23)20-10-19(11-22(29)12-20)14-33-37(3,4)5/h6-13,15-16,33-35H,2-4,14H2,1,5H3,(H,31,32)/b17-6+,24-7+. The van der Waals surface area contributed by atoms with Gasteiger partial charge < -0.3 is 4.98 Å². The fraction of sp³-hybridized carbons (Fsp3) is 0.107. The molecular weight excluding hydrogens is 485 g/mol. The molecular formula is C28H28FN7S. The quantitative estimate of drug-likeness (QED) is 0.247. The van der Waals surface area contributed by atoms with Crippen molar-refractivity contribution >= 4 is 50.3 Å². The summed E-state index contributed by atoms with van der Waals surface area (Å²) >= 11 is 0. The summed E-state index contributed by atoms with van der Waals surface area (Å²) in [5, 5.41) is 16.8. The Morgan fingerprint density at radius 3 is 2.78 bits per heavy atom. The SMILES string of the molecule is C=c1c(-c2cc3c(-c4cc(F)cc(CNS(=C)(=C)C)c4)nccc3[nH]2)n[nH]/c1=C/C=C(\C)c1cn[nH]c1. The first kappa shape index (κ1) is 24.5. The summed E-state index contributed by atoms with van der Waals surface area (Å²) in [6.07, 6.45) is 11.2. The molecule has 0 unspecified atom stereocenters. The zero-order valence-electron chi connectivity index (χ0n) is 20.7. The van der Waals surface area contributed by atoms with E-state index in [1.54, 1.807) is 12.4 Å². The van der Waals surface area contributed by atoms with E-state index >= 15 is 0 Å². The van der Waals surface area contributed by atoms with E-state index in [0.717, 1.165) is 43.9 Å². The first-order valence-corrected chi connectivity index (χ1v) is 13.9. The van der Waals surface area contributed by atoms with Crippen molar-refractivity contribution < 1.29 is 4.39 Å². The maximum atomic E-state index is 14.6. The van der Waals surface area contributed by atoms with E-state index in [0.29, 0.717) is 23.5 Å². The lowest BCUT2D eigenvalue weighted by Gasteiger charge is -2.12. The number of rotatable bonds is 7. The smallest absolute Gasteiger partial charge is 0.124 e. The van der Waals surface area contributed by atoms with Crippen LogP contribution < -0.4 is 15.3 Å². The number of H-pyrrole nitrogens is 3. The average molecular weight is 514 g/mol. The predicted octanol–water partition coefficient (Wildman–Crippen LogP) is 4.08. The summed E-state index contributed by atoms with van der Waals surface area (Å²) in [5.74, 6) is 7.74. The van der Waals surface area contributed by atoms with Crippen molar-refractivity contribution in [2.45, 2.75) is 13.5 Å². The number of aromatic nitrogens is 6. The summed E-state index contributed by atoms with van der Waals surface area (Å²) in [7, 11) is -1.42. The lowest BCUT2D eigenvalue weighted by molar-refractivity contribution is 0.625. The number of nitrogens with zero attached hydrogens (tertiary/aromatic N) is 3. The van der Waals surface area contributed by atoms with Crippen LogP contribution in [-0.2, 0) is 6.54 Å². The lowest BCUT2D eigenvalue weighted by Crippen LogP contribution is -2.21. The monoisotopic (exact) mass is 513 g/mol. The van der Waals surface area contributed by atoms with E-state index in [9.17, 15) is 4.39 Å². The highest BCUT2D eigenvalue weighted by Gasteiger charge is 2.14. The molecule has 0 saturated heterocycles. The Kier molecular flexibility index (Phi) is 6.41. The van der Waals surface area contributed by atoms with Gasteiger partial charge in [0.2, 0.25) is 0 Å². The van der Waals surface area contributed by atoms with Gasteiger partial charge in [-0.1, -0.05) is 24.4 Å². The van der Waals surface area contributed by atoms with Gasteiger partial charge in [0.1, 0.15) is 11.5 Å². The second-order valence-corrected chi connectivity index (χ2v) is 12.1. The average Bonchev–Trinajstić information content (AvgIpc) is 3.60. The topological polar surface area (TPSA) is 98.1 Å². The number of hydrogen-bond acceptors (Lipinski definition) is 4. The second kappa shape index (κ2) is 9.68. The van der Waals surface area contributed by atoms with Crippen LogP contribution in [0.25, 0.3) is 51.8 Å². The summed E-state index contributed by atoms with van der Waals surface area (Å²) in [5.41, 5.74) is 6.65. The van der Waals surface area contributed by atoms with E-state index in [4.69, 9.17) is 0 Å². The number of fused-ring (bicyclic) bond motifs is 1. The van der Waals surface area contributed by atoms with Crippen molar-refractivity contribution in [1.82, 2.24) is 35.1 Å². The van der Waals surface area contributed by atoms with Gasteiger partial charge in [0.05, 0.1) is 22.9 Å². The minimum atomic E-state index is -1.42. The Bertz CT molecular complexity index is 1840. The molecule has 5 aromatic rings. The Hall–Kier alpha value is -4.21.